The van der Waals surface area contributed by atoms with Gasteiger partial charge in [-0.3, -0.25) is 0 Å². The van der Waals surface area contributed by atoms with E-state index in [0.29, 0.717) is 0 Å². The Morgan fingerprint density at radius 1 is 1.60 bits per heavy atom. The molecule has 80 valence electrons. The van der Waals surface area contributed by atoms with E-state index in [1.807, 2.05) is 17.8 Å². The van der Waals surface area contributed by atoms with Crippen LogP contribution in [0, 0.1) is 0 Å². The number of halogens is 1. The van der Waals surface area contributed by atoms with Gasteiger partial charge in [0.25, 0.3) is 0 Å². The van der Waals surface area contributed by atoms with Crippen molar-refractivity contribution >= 4 is 27.3 Å². The molecule has 1 unspecified atom stereocenters. The van der Waals surface area contributed by atoms with Crippen molar-refractivity contribution in [2.45, 2.75) is 12.5 Å². The molecule has 0 aliphatic carbocycles. The number of nitrogens with two attached hydrogens (primary N) is 1. The quantitative estimate of drug-likeness (QED) is 0.942. The zero-order valence-electron chi connectivity index (χ0n) is 8.35. The highest BCUT2D eigenvalue weighted by Gasteiger charge is 2.11. The van der Waals surface area contributed by atoms with Crippen LogP contribution in [0.3, 0.4) is 0 Å². The lowest BCUT2D eigenvalue weighted by molar-refractivity contribution is 0.661. The highest BCUT2D eigenvalue weighted by atomic mass is 79.9. The molecule has 0 aliphatic rings. The van der Waals surface area contributed by atoms with Gasteiger partial charge in [-0.1, -0.05) is 0 Å². The highest BCUT2D eigenvalue weighted by Crippen LogP contribution is 2.25. The third-order valence-electron chi connectivity index (χ3n) is 2.28. The van der Waals surface area contributed by atoms with Crippen LogP contribution < -0.4 is 5.73 Å². The first-order chi connectivity index (χ1) is 7.16. The van der Waals surface area contributed by atoms with Crippen molar-refractivity contribution in [1.82, 2.24) is 9.55 Å². The van der Waals surface area contributed by atoms with E-state index in [4.69, 9.17) is 5.73 Å². The summed E-state index contributed by atoms with van der Waals surface area (Å²) in [6.45, 7) is 0. The smallest absolute Gasteiger partial charge is 0.0946 e. The molecule has 2 N–H and O–H groups in total. The molecule has 0 saturated heterocycles. The van der Waals surface area contributed by atoms with Crippen molar-refractivity contribution in [3.8, 4) is 0 Å². The van der Waals surface area contributed by atoms with Gasteiger partial charge in [0.2, 0.25) is 0 Å². The molecule has 15 heavy (non-hydrogen) atoms. The molecule has 0 aliphatic heterocycles. The van der Waals surface area contributed by atoms with Crippen molar-refractivity contribution in [2.24, 2.45) is 12.8 Å². The van der Waals surface area contributed by atoms with Gasteiger partial charge in [-0.25, -0.2) is 4.98 Å². The van der Waals surface area contributed by atoms with Crippen LogP contribution >= 0.6 is 27.3 Å². The molecular weight excluding hydrogens is 274 g/mol. The number of rotatable bonds is 3. The van der Waals surface area contributed by atoms with Gasteiger partial charge in [-0.15, -0.1) is 11.3 Å². The Balaban J connectivity index is 2.10. The number of imidazole rings is 1. The predicted octanol–water partition coefficient (Wildman–Crippen LogP) is 2.49. The van der Waals surface area contributed by atoms with E-state index < -0.39 is 0 Å². The van der Waals surface area contributed by atoms with Crippen LogP contribution in [0.2, 0.25) is 0 Å². The Hall–Kier alpha value is -0.650. The monoisotopic (exact) mass is 285 g/mol. The minimum Gasteiger partial charge on any atom is -0.336 e. The molecule has 5 heteroatoms. The molecule has 0 radical (unpaired) electrons. The summed E-state index contributed by atoms with van der Waals surface area (Å²) in [4.78, 5) is 5.35. The van der Waals surface area contributed by atoms with Gasteiger partial charge < -0.3 is 10.3 Å². The summed E-state index contributed by atoms with van der Waals surface area (Å²) < 4.78 is 3.11. The number of hydrogen-bond donors (Lipinski definition) is 1. The zero-order chi connectivity index (χ0) is 10.8. The van der Waals surface area contributed by atoms with Crippen LogP contribution in [0.4, 0.5) is 0 Å². The molecule has 0 spiro atoms. The summed E-state index contributed by atoms with van der Waals surface area (Å²) in [5.74, 6) is 0. The molecule has 0 aromatic carbocycles. The molecule has 0 saturated carbocycles. The summed E-state index contributed by atoms with van der Waals surface area (Å²) >= 11 is 5.17. The molecule has 2 aromatic rings. The minimum absolute atomic E-state index is 0.0167. The lowest BCUT2D eigenvalue weighted by Gasteiger charge is -2.10. The van der Waals surface area contributed by atoms with E-state index in [1.165, 1.54) is 4.88 Å². The van der Waals surface area contributed by atoms with Crippen LogP contribution in [-0.4, -0.2) is 9.55 Å². The van der Waals surface area contributed by atoms with Gasteiger partial charge in [0, 0.05) is 24.5 Å². The highest BCUT2D eigenvalue weighted by molar-refractivity contribution is 9.11. The van der Waals surface area contributed by atoms with Crippen LogP contribution in [0.15, 0.2) is 28.4 Å². The summed E-state index contributed by atoms with van der Waals surface area (Å²) in [6, 6.07) is 4.17. The molecule has 0 fully saturated rings. The minimum atomic E-state index is 0.0167. The number of aromatic nitrogens is 2. The van der Waals surface area contributed by atoms with Crippen LogP contribution in [-0.2, 0) is 13.5 Å². The number of nitrogens with zero attached hydrogens (tertiary/aromatic N) is 2. The summed E-state index contributed by atoms with van der Waals surface area (Å²) in [5, 5.41) is 0. The Morgan fingerprint density at radius 2 is 2.40 bits per heavy atom. The van der Waals surface area contributed by atoms with Crippen molar-refractivity contribution in [3.05, 3.63) is 39.0 Å². The lowest BCUT2D eigenvalue weighted by Crippen LogP contribution is -2.15. The first kappa shape index (κ1) is 10.9. The van der Waals surface area contributed by atoms with E-state index in [0.717, 1.165) is 15.9 Å². The van der Waals surface area contributed by atoms with Gasteiger partial charge in [0.15, 0.2) is 0 Å². The molecule has 3 nitrogen and oxygen atoms in total. The molecule has 0 bridgehead atoms. The average molecular weight is 286 g/mol. The fraction of sp³-hybridized carbons (Fsp3) is 0.300. The Morgan fingerprint density at radius 3 is 2.93 bits per heavy atom. The topological polar surface area (TPSA) is 43.8 Å². The molecule has 2 rings (SSSR count). The van der Waals surface area contributed by atoms with Crippen molar-refractivity contribution in [2.75, 3.05) is 0 Å². The van der Waals surface area contributed by atoms with E-state index >= 15 is 0 Å². The molecule has 2 heterocycles. The zero-order valence-corrected chi connectivity index (χ0v) is 10.8. The fourth-order valence-corrected chi connectivity index (χ4v) is 3.05. The first-order valence-electron chi connectivity index (χ1n) is 4.63. The van der Waals surface area contributed by atoms with E-state index in [-0.39, 0.29) is 6.04 Å². The second kappa shape index (κ2) is 4.47. The maximum absolute atomic E-state index is 6.11. The van der Waals surface area contributed by atoms with Crippen molar-refractivity contribution in [3.63, 3.8) is 0 Å². The predicted molar refractivity (Wildman–Crippen MR) is 65.9 cm³/mol. The Labute approximate surface area is 101 Å². The molecule has 1 atom stereocenters. The van der Waals surface area contributed by atoms with Crippen molar-refractivity contribution in [1.29, 1.82) is 0 Å². The summed E-state index contributed by atoms with van der Waals surface area (Å²) in [5.41, 5.74) is 7.18. The largest absolute Gasteiger partial charge is 0.336 e. The van der Waals surface area contributed by atoms with E-state index in [2.05, 4.69) is 33.0 Å². The first-order valence-corrected chi connectivity index (χ1v) is 6.24. The maximum Gasteiger partial charge on any atom is 0.0946 e. The number of hydrogen-bond acceptors (Lipinski definition) is 3. The average Bonchev–Trinajstić information content (AvgIpc) is 2.75. The molecule has 0 amide bonds. The number of thiophene rings is 1. The second-order valence-electron chi connectivity index (χ2n) is 3.45. The summed E-state index contributed by atoms with van der Waals surface area (Å²) in [6.07, 6.45) is 4.46. The van der Waals surface area contributed by atoms with Gasteiger partial charge >= 0.3 is 0 Å². The second-order valence-corrected chi connectivity index (χ2v) is 5.99. The Bertz CT molecular complexity index is 449. The van der Waals surface area contributed by atoms with Crippen LogP contribution in [0.25, 0.3) is 0 Å². The lowest BCUT2D eigenvalue weighted by atomic mass is 10.1. The third kappa shape index (κ3) is 2.48. The maximum atomic E-state index is 6.11. The molecular formula is C10H12BrN3S. The van der Waals surface area contributed by atoms with Gasteiger partial charge in [-0.2, -0.15) is 0 Å². The van der Waals surface area contributed by atoms with Gasteiger partial charge in [0.1, 0.15) is 0 Å². The van der Waals surface area contributed by atoms with Gasteiger partial charge in [0.05, 0.1) is 21.8 Å². The van der Waals surface area contributed by atoms with Crippen LogP contribution in [0.1, 0.15) is 16.6 Å². The van der Waals surface area contributed by atoms with Gasteiger partial charge in [-0.05, 0) is 28.1 Å². The summed E-state index contributed by atoms with van der Waals surface area (Å²) in [7, 11) is 1.96. The van der Waals surface area contributed by atoms with E-state index in [1.54, 1.807) is 17.7 Å². The van der Waals surface area contributed by atoms with Crippen LogP contribution in [0.5, 0.6) is 0 Å². The fourth-order valence-electron chi connectivity index (χ4n) is 1.51. The standard InChI is InChI=1S/C10H12BrN3S/c1-14-6-13-5-9(14)8(12)4-7-2-3-10(11)15-7/h2-3,5-6,8H,4,12H2,1H3. The molecule has 2 aromatic heterocycles. The number of aryl methyl sites for hydroxylation is 1. The normalized spacial score (nSPS) is 13.0. The third-order valence-corrected chi connectivity index (χ3v) is 3.93. The SMILES string of the molecule is Cn1cncc1C(N)Cc1ccc(Br)s1. The Kier molecular flexibility index (Phi) is 3.23. The van der Waals surface area contributed by atoms with E-state index in [9.17, 15) is 0 Å². The van der Waals surface area contributed by atoms with Crippen molar-refractivity contribution < 1.29 is 0 Å².